The number of carbonyl (C=O) groups is 3. The second-order valence-corrected chi connectivity index (χ2v) is 9.03. The van der Waals surface area contributed by atoms with Crippen LogP contribution in [0, 0.1) is 0 Å². The molecule has 1 saturated heterocycles. The maximum Gasteiger partial charge on any atom is 0.310 e. The molecule has 0 spiro atoms. The van der Waals surface area contributed by atoms with Crippen molar-refractivity contribution in [3.8, 4) is 0 Å². The molecule has 0 radical (unpaired) electrons. The SMILES string of the molecule is O=C(C=Cc1ccccc1)Nc1cnc2n(c1=O)[C@H](C(=O)NC1CC(=O)OC1OCc1ccccc1)CC2. The number of cyclic esters (lactones) is 1. The minimum Gasteiger partial charge on any atom is -0.433 e. The van der Waals surface area contributed by atoms with Crippen molar-refractivity contribution in [3.05, 3.63) is 100 Å². The smallest absolute Gasteiger partial charge is 0.310 e. The summed E-state index contributed by atoms with van der Waals surface area (Å²) in [7, 11) is 0. The van der Waals surface area contributed by atoms with E-state index in [4.69, 9.17) is 9.47 Å². The highest BCUT2D eigenvalue weighted by molar-refractivity contribution is 6.01. The Kier molecular flexibility index (Phi) is 7.41. The Balaban J connectivity index is 1.25. The lowest BCUT2D eigenvalue weighted by Gasteiger charge is -2.22. The van der Waals surface area contributed by atoms with E-state index in [1.165, 1.54) is 16.8 Å². The van der Waals surface area contributed by atoms with Gasteiger partial charge in [-0.15, -0.1) is 0 Å². The number of nitrogens with zero attached hydrogens (tertiary/aromatic N) is 2. The molecule has 38 heavy (non-hydrogen) atoms. The van der Waals surface area contributed by atoms with Crippen molar-refractivity contribution in [2.24, 2.45) is 0 Å². The highest BCUT2D eigenvalue weighted by Crippen LogP contribution is 2.25. The summed E-state index contributed by atoms with van der Waals surface area (Å²) >= 11 is 0. The molecule has 0 saturated carbocycles. The highest BCUT2D eigenvalue weighted by atomic mass is 16.7. The zero-order valence-corrected chi connectivity index (χ0v) is 20.4. The van der Waals surface area contributed by atoms with E-state index in [0.29, 0.717) is 18.7 Å². The number of aryl methyl sites for hydroxylation is 1. The zero-order chi connectivity index (χ0) is 26.5. The number of carbonyl (C=O) groups excluding carboxylic acids is 3. The summed E-state index contributed by atoms with van der Waals surface area (Å²) in [5.74, 6) is -0.972. The quantitative estimate of drug-likeness (QED) is 0.349. The van der Waals surface area contributed by atoms with E-state index in [1.807, 2.05) is 60.7 Å². The van der Waals surface area contributed by atoms with Gasteiger partial charge in [0.05, 0.1) is 19.2 Å². The average molecular weight is 515 g/mol. The molecular weight excluding hydrogens is 488 g/mol. The Hall–Kier alpha value is -4.57. The van der Waals surface area contributed by atoms with Gasteiger partial charge < -0.3 is 20.1 Å². The van der Waals surface area contributed by atoms with Crippen LogP contribution in [-0.2, 0) is 36.9 Å². The van der Waals surface area contributed by atoms with Crippen molar-refractivity contribution in [1.82, 2.24) is 14.9 Å². The topological polar surface area (TPSA) is 129 Å². The first-order chi connectivity index (χ1) is 18.5. The number of esters is 1. The summed E-state index contributed by atoms with van der Waals surface area (Å²) in [6, 6.07) is 17.1. The van der Waals surface area contributed by atoms with Gasteiger partial charge in [-0.3, -0.25) is 23.7 Å². The van der Waals surface area contributed by atoms with Crippen LogP contribution in [0.5, 0.6) is 0 Å². The van der Waals surface area contributed by atoms with Crippen LogP contribution in [0.25, 0.3) is 6.08 Å². The van der Waals surface area contributed by atoms with Crippen LogP contribution in [0.15, 0.2) is 77.7 Å². The molecule has 2 aromatic carbocycles. The molecule has 10 heteroatoms. The lowest BCUT2D eigenvalue weighted by molar-refractivity contribution is -0.168. The first-order valence-electron chi connectivity index (χ1n) is 12.3. The number of benzene rings is 2. The van der Waals surface area contributed by atoms with Crippen molar-refractivity contribution in [3.63, 3.8) is 0 Å². The van der Waals surface area contributed by atoms with Gasteiger partial charge in [-0.2, -0.15) is 0 Å². The van der Waals surface area contributed by atoms with Crippen molar-refractivity contribution in [2.45, 2.75) is 44.2 Å². The van der Waals surface area contributed by atoms with E-state index in [1.54, 1.807) is 6.08 Å². The number of aromatic nitrogens is 2. The van der Waals surface area contributed by atoms with E-state index >= 15 is 0 Å². The van der Waals surface area contributed by atoms with Crippen molar-refractivity contribution in [2.75, 3.05) is 5.32 Å². The Morgan fingerprint density at radius 3 is 2.58 bits per heavy atom. The lowest BCUT2D eigenvalue weighted by atomic mass is 10.1. The molecule has 0 bridgehead atoms. The number of fused-ring (bicyclic) bond motifs is 1. The van der Waals surface area contributed by atoms with Gasteiger partial charge in [0.2, 0.25) is 18.1 Å². The fraction of sp³-hybridized carbons (Fsp3) is 0.250. The molecule has 2 aliphatic heterocycles. The molecular formula is C28H26N4O6. The number of amides is 2. The molecule has 3 atom stereocenters. The van der Waals surface area contributed by atoms with E-state index in [-0.39, 0.29) is 18.7 Å². The van der Waals surface area contributed by atoms with Gasteiger partial charge in [-0.05, 0) is 23.6 Å². The second kappa shape index (κ2) is 11.2. The first-order valence-corrected chi connectivity index (χ1v) is 12.3. The van der Waals surface area contributed by atoms with Crippen molar-refractivity contribution < 1.29 is 23.9 Å². The van der Waals surface area contributed by atoms with E-state index in [2.05, 4.69) is 15.6 Å². The Morgan fingerprint density at radius 2 is 1.82 bits per heavy atom. The summed E-state index contributed by atoms with van der Waals surface area (Å²) in [4.78, 5) is 55.1. The van der Waals surface area contributed by atoms with Gasteiger partial charge in [-0.25, -0.2) is 4.98 Å². The minimum atomic E-state index is -0.940. The molecule has 2 unspecified atom stereocenters. The van der Waals surface area contributed by atoms with E-state index < -0.39 is 41.7 Å². The Morgan fingerprint density at radius 1 is 1.08 bits per heavy atom. The standard InChI is InChI=1S/C28H26N4O6/c33-24(14-11-18-7-3-1-4-8-18)30-21-16-29-23-13-12-22(32(23)27(21)36)26(35)31-20-15-25(34)38-28(20)37-17-19-9-5-2-6-10-19/h1-11,14,16,20,22,28H,12-13,15,17H2,(H,30,33)(H,31,35)/t20?,22-,28?/m0/s1. The van der Waals surface area contributed by atoms with Crippen LogP contribution in [0.4, 0.5) is 5.69 Å². The normalized spacial score (nSPS) is 20.2. The summed E-state index contributed by atoms with van der Waals surface area (Å²) in [5.41, 5.74) is 1.18. The number of anilines is 1. The van der Waals surface area contributed by atoms with Crippen molar-refractivity contribution >= 4 is 29.5 Å². The molecule has 5 rings (SSSR count). The Labute approximate surface area is 218 Å². The number of hydrogen-bond donors (Lipinski definition) is 2. The fourth-order valence-electron chi connectivity index (χ4n) is 4.49. The maximum absolute atomic E-state index is 13.2. The third-order valence-electron chi connectivity index (χ3n) is 6.36. The van der Waals surface area contributed by atoms with Gasteiger partial charge in [0.1, 0.15) is 23.6 Å². The van der Waals surface area contributed by atoms with Gasteiger partial charge >= 0.3 is 5.97 Å². The van der Waals surface area contributed by atoms with Crippen LogP contribution in [0.2, 0.25) is 0 Å². The lowest BCUT2D eigenvalue weighted by Crippen LogP contribution is -2.45. The van der Waals surface area contributed by atoms with Crippen LogP contribution in [0.1, 0.15) is 35.8 Å². The molecule has 0 aliphatic carbocycles. The number of nitrogens with one attached hydrogen (secondary N) is 2. The summed E-state index contributed by atoms with van der Waals surface area (Å²) < 4.78 is 12.3. The third-order valence-corrected chi connectivity index (χ3v) is 6.36. The maximum atomic E-state index is 13.2. The molecule has 10 nitrogen and oxygen atoms in total. The highest BCUT2D eigenvalue weighted by Gasteiger charge is 2.39. The largest absolute Gasteiger partial charge is 0.433 e. The van der Waals surface area contributed by atoms with Gasteiger partial charge in [0.25, 0.3) is 5.56 Å². The van der Waals surface area contributed by atoms with Crippen LogP contribution in [0.3, 0.4) is 0 Å². The third kappa shape index (κ3) is 5.70. The van der Waals surface area contributed by atoms with Gasteiger partial charge in [0.15, 0.2) is 0 Å². The molecule has 3 aromatic rings. The van der Waals surface area contributed by atoms with Crippen molar-refractivity contribution in [1.29, 1.82) is 0 Å². The molecule has 2 aliphatic rings. The fourth-order valence-corrected chi connectivity index (χ4v) is 4.49. The second-order valence-electron chi connectivity index (χ2n) is 9.03. The summed E-state index contributed by atoms with van der Waals surface area (Å²) in [6.07, 6.45) is 4.06. The Bertz CT molecular complexity index is 1420. The van der Waals surface area contributed by atoms with Crippen LogP contribution in [-0.4, -0.2) is 39.7 Å². The van der Waals surface area contributed by atoms with Crippen LogP contribution >= 0.6 is 0 Å². The van der Waals surface area contributed by atoms with E-state index in [9.17, 15) is 19.2 Å². The molecule has 3 heterocycles. The average Bonchev–Trinajstić information content (AvgIpc) is 3.52. The predicted molar refractivity (Wildman–Crippen MR) is 138 cm³/mol. The van der Waals surface area contributed by atoms with Gasteiger partial charge in [0, 0.05) is 12.5 Å². The summed E-state index contributed by atoms with van der Waals surface area (Å²) in [5, 5.41) is 5.36. The molecule has 2 N–H and O–H groups in total. The van der Waals surface area contributed by atoms with E-state index in [0.717, 1.165) is 11.1 Å². The number of hydrogen-bond acceptors (Lipinski definition) is 7. The van der Waals surface area contributed by atoms with Gasteiger partial charge in [-0.1, -0.05) is 60.7 Å². The number of rotatable bonds is 8. The minimum absolute atomic E-state index is 0.0281. The zero-order valence-electron chi connectivity index (χ0n) is 20.4. The monoisotopic (exact) mass is 514 g/mol. The predicted octanol–water partition coefficient (Wildman–Crippen LogP) is 2.36. The molecule has 1 aromatic heterocycles. The number of ether oxygens (including phenoxy) is 2. The summed E-state index contributed by atoms with van der Waals surface area (Å²) in [6.45, 7) is 0.211. The molecule has 2 amide bonds. The molecule has 194 valence electrons. The van der Waals surface area contributed by atoms with Crippen LogP contribution < -0.4 is 16.2 Å². The first kappa shape index (κ1) is 25.1. The molecule has 1 fully saturated rings.